The van der Waals surface area contributed by atoms with E-state index in [1.54, 1.807) is 18.3 Å². The number of hydrogen-bond donors (Lipinski definition) is 1. The number of morpholine rings is 1. The van der Waals surface area contributed by atoms with Gasteiger partial charge >= 0.3 is 0 Å². The minimum absolute atomic E-state index is 0.0598. The van der Waals surface area contributed by atoms with Gasteiger partial charge < -0.3 is 14.7 Å². The highest BCUT2D eigenvalue weighted by Gasteiger charge is 2.19. The Bertz CT molecular complexity index is 740. The maximum Gasteiger partial charge on any atom is 0.298 e. The fraction of sp³-hybridized carbons (Fsp3) is 0.412. The van der Waals surface area contributed by atoms with Gasteiger partial charge in [-0.1, -0.05) is 0 Å². The number of ether oxygens (including phenoxy) is 1. The van der Waals surface area contributed by atoms with Gasteiger partial charge in [-0.2, -0.15) is 0 Å². The van der Waals surface area contributed by atoms with E-state index in [-0.39, 0.29) is 18.0 Å². The lowest BCUT2D eigenvalue weighted by Gasteiger charge is -2.28. The van der Waals surface area contributed by atoms with Crippen molar-refractivity contribution in [3.8, 4) is 5.69 Å². The molecule has 0 unspecified atom stereocenters. The molecule has 24 heavy (non-hydrogen) atoms. The number of benzene rings is 1. The highest BCUT2D eigenvalue weighted by atomic mass is 19.1. The van der Waals surface area contributed by atoms with Crippen molar-refractivity contribution < 1.29 is 14.2 Å². The van der Waals surface area contributed by atoms with Crippen molar-refractivity contribution in [2.24, 2.45) is 0 Å². The summed E-state index contributed by atoms with van der Waals surface area (Å²) >= 11 is 0. The number of aliphatic hydroxyl groups is 1. The van der Waals surface area contributed by atoms with E-state index in [4.69, 9.17) is 9.84 Å². The molecule has 0 amide bonds. The van der Waals surface area contributed by atoms with Gasteiger partial charge in [0.1, 0.15) is 5.82 Å². The molecule has 0 radical (unpaired) electrons. The predicted molar refractivity (Wildman–Crippen MR) is 88.2 cm³/mol. The van der Waals surface area contributed by atoms with E-state index < -0.39 is 0 Å². The zero-order valence-corrected chi connectivity index (χ0v) is 13.3. The monoisotopic (exact) mass is 333 g/mol. The molecule has 1 aliphatic rings. The molecule has 6 nitrogen and oxygen atoms in total. The molecule has 7 heteroatoms. The van der Waals surface area contributed by atoms with E-state index in [2.05, 4.69) is 4.98 Å². The van der Waals surface area contributed by atoms with Gasteiger partial charge in [-0.3, -0.25) is 9.36 Å². The van der Waals surface area contributed by atoms with Gasteiger partial charge in [-0.05, 0) is 37.1 Å². The van der Waals surface area contributed by atoms with E-state index >= 15 is 0 Å². The van der Waals surface area contributed by atoms with E-state index in [1.165, 1.54) is 16.7 Å². The zero-order valence-electron chi connectivity index (χ0n) is 13.3. The Morgan fingerprint density at radius 2 is 1.92 bits per heavy atom. The highest BCUT2D eigenvalue weighted by molar-refractivity contribution is 5.42. The Morgan fingerprint density at radius 3 is 2.58 bits per heavy atom. The molecular weight excluding hydrogens is 313 g/mol. The van der Waals surface area contributed by atoms with Gasteiger partial charge in [0.25, 0.3) is 5.56 Å². The van der Waals surface area contributed by atoms with Crippen LogP contribution >= 0.6 is 0 Å². The fourth-order valence-corrected chi connectivity index (χ4v) is 2.68. The first-order valence-electron chi connectivity index (χ1n) is 8.01. The van der Waals surface area contributed by atoms with Crippen LogP contribution in [0.1, 0.15) is 12.1 Å². The second-order valence-electron chi connectivity index (χ2n) is 5.63. The molecule has 2 heterocycles. The minimum atomic E-state index is -0.352. The van der Waals surface area contributed by atoms with Crippen molar-refractivity contribution >= 4 is 5.82 Å². The van der Waals surface area contributed by atoms with Crippen LogP contribution in [0.2, 0.25) is 0 Å². The molecule has 3 rings (SSSR count). The maximum absolute atomic E-state index is 13.2. The second-order valence-corrected chi connectivity index (χ2v) is 5.63. The van der Waals surface area contributed by atoms with Gasteiger partial charge in [-0.15, -0.1) is 0 Å². The van der Waals surface area contributed by atoms with Crippen LogP contribution in [-0.2, 0) is 11.2 Å². The van der Waals surface area contributed by atoms with Gasteiger partial charge in [-0.25, -0.2) is 9.37 Å². The Morgan fingerprint density at radius 1 is 1.21 bits per heavy atom. The molecule has 2 aromatic rings. The third-order valence-corrected chi connectivity index (χ3v) is 3.94. The van der Waals surface area contributed by atoms with Gasteiger partial charge in [0, 0.05) is 31.6 Å². The van der Waals surface area contributed by atoms with Crippen molar-refractivity contribution in [1.82, 2.24) is 9.55 Å². The summed E-state index contributed by atoms with van der Waals surface area (Å²) in [7, 11) is 0. The van der Waals surface area contributed by atoms with Gasteiger partial charge in [0.15, 0.2) is 5.82 Å². The third-order valence-electron chi connectivity index (χ3n) is 3.94. The first kappa shape index (κ1) is 16.6. The van der Waals surface area contributed by atoms with Gasteiger partial charge in [0.2, 0.25) is 0 Å². The Kier molecular flexibility index (Phi) is 5.22. The van der Waals surface area contributed by atoms with Crippen molar-refractivity contribution in [2.75, 3.05) is 37.8 Å². The van der Waals surface area contributed by atoms with Crippen LogP contribution in [0.15, 0.2) is 35.3 Å². The van der Waals surface area contributed by atoms with Crippen LogP contribution in [0, 0.1) is 5.82 Å². The van der Waals surface area contributed by atoms with Crippen LogP contribution in [0.4, 0.5) is 10.2 Å². The maximum atomic E-state index is 13.2. The minimum Gasteiger partial charge on any atom is -0.396 e. The number of aromatic nitrogens is 2. The standard InChI is InChI=1S/C17H20FN3O3/c18-13-3-5-15(6-4-13)21-12-14(2-1-9-22)19-16(17(21)23)20-7-10-24-11-8-20/h3-6,12,22H,1-2,7-11H2. The topological polar surface area (TPSA) is 67.6 Å². The molecular formula is C17H20FN3O3. The Balaban J connectivity index is 2.05. The number of aliphatic hydroxyl groups excluding tert-OH is 1. The van der Waals surface area contributed by atoms with Crippen LogP contribution < -0.4 is 10.5 Å². The van der Waals surface area contributed by atoms with E-state index in [0.717, 1.165) is 5.69 Å². The smallest absolute Gasteiger partial charge is 0.298 e. The third kappa shape index (κ3) is 3.63. The summed E-state index contributed by atoms with van der Waals surface area (Å²) in [5.41, 5.74) is 1.06. The molecule has 1 N–H and O–H groups in total. The normalized spacial score (nSPS) is 14.8. The summed E-state index contributed by atoms with van der Waals surface area (Å²) in [6.45, 7) is 2.38. The van der Waals surface area contributed by atoms with Crippen LogP contribution in [0.3, 0.4) is 0 Å². The molecule has 1 aliphatic heterocycles. The van der Waals surface area contributed by atoms with Crippen molar-refractivity contribution in [1.29, 1.82) is 0 Å². The predicted octanol–water partition coefficient (Wildman–Crippen LogP) is 1.13. The molecule has 0 spiro atoms. The van der Waals surface area contributed by atoms with Crippen LogP contribution in [0.25, 0.3) is 5.69 Å². The highest BCUT2D eigenvalue weighted by Crippen LogP contribution is 2.14. The number of anilines is 1. The molecule has 1 aromatic heterocycles. The number of nitrogens with zero attached hydrogens (tertiary/aromatic N) is 3. The van der Waals surface area contributed by atoms with E-state index in [9.17, 15) is 9.18 Å². The summed E-state index contributed by atoms with van der Waals surface area (Å²) in [4.78, 5) is 19.3. The lowest BCUT2D eigenvalue weighted by atomic mass is 10.2. The lowest BCUT2D eigenvalue weighted by Crippen LogP contribution is -2.41. The van der Waals surface area contributed by atoms with Crippen LogP contribution in [0.5, 0.6) is 0 Å². The quantitative estimate of drug-likeness (QED) is 0.888. The van der Waals surface area contributed by atoms with Gasteiger partial charge in [0.05, 0.1) is 18.9 Å². The summed E-state index contributed by atoms with van der Waals surface area (Å²) in [6, 6.07) is 5.78. The largest absolute Gasteiger partial charge is 0.396 e. The van der Waals surface area contributed by atoms with Crippen LogP contribution in [-0.4, -0.2) is 47.6 Å². The van der Waals surface area contributed by atoms with E-state index in [0.29, 0.717) is 50.7 Å². The second kappa shape index (κ2) is 7.55. The van der Waals surface area contributed by atoms with Crippen molar-refractivity contribution in [2.45, 2.75) is 12.8 Å². The molecule has 0 bridgehead atoms. The number of halogens is 1. The summed E-state index contributed by atoms with van der Waals surface area (Å²) in [5.74, 6) is 0.0211. The molecule has 0 saturated carbocycles. The molecule has 1 fully saturated rings. The average molecular weight is 333 g/mol. The van der Waals surface area contributed by atoms with Crippen molar-refractivity contribution in [3.05, 3.63) is 52.3 Å². The van der Waals surface area contributed by atoms with Crippen molar-refractivity contribution in [3.63, 3.8) is 0 Å². The summed E-state index contributed by atoms with van der Waals surface area (Å²) < 4.78 is 20.0. The summed E-state index contributed by atoms with van der Waals surface area (Å²) in [6.07, 6.45) is 2.79. The first-order chi connectivity index (χ1) is 11.7. The molecule has 0 atom stereocenters. The number of rotatable bonds is 5. The fourth-order valence-electron chi connectivity index (χ4n) is 2.68. The molecule has 0 aliphatic carbocycles. The molecule has 128 valence electrons. The number of hydrogen-bond acceptors (Lipinski definition) is 5. The number of aryl methyl sites for hydroxylation is 1. The summed E-state index contributed by atoms with van der Waals surface area (Å²) in [5, 5.41) is 9.05. The molecule has 1 aromatic carbocycles. The average Bonchev–Trinajstić information content (AvgIpc) is 2.62. The van der Waals surface area contributed by atoms with E-state index in [1.807, 2.05) is 4.90 Å². The zero-order chi connectivity index (χ0) is 16.9. The SMILES string of the molecule is O=c1c(N2CCOCC2)nc(CCCO)cn1-c1ccc(F)cc1. The molecule has 1 saturated heterocycles. The Hall–Kier alpha value is -2.25. The lowest BCUT2D eigenvalue weighted by molar-refractivity contribution is 0.122. The first-order valence-corrected chi connectivity index (χ1v) is 8.01. The Labute approximate surface area is 139 Å².